The number of methoxy groups -OCH3 is 1. The summed E-state index contributed by atoms with van der Waals surface area (Å²) >= 11 is 1.55. The van der Waals surface area contributed by atoms with Crippen LogP contribution < -0.4 is 15.0 Å². The summed E-state index contributed by atoms with van der Waals surface area (Å²) in [4.78, 5) is 27.7. The summed E-state index contributed by atoms with van der Waals surface area (Å²) in [7, 11) is 1.68. The highest BCUT2D eigenvalue weighted by Crippen LogP contribution is 2.30. The predicted octanol–water partition coefficient (Wildman–Crippen LogP) is 7.12. The Morgan fingerprint density at radius 1 is 0.881 bits per heavy atom. The molecule has 0 heterocycles. The van der Waals surface area contributed by atoms with E-state index >= 15 is 0 Å². The molecule has 0 aliphatic carbocycles. The summed E-state index contributed by atoms with van der Waals surface area (Å²) in [6.07, 6.45) is 2.28. The first-order valence-corrected chi connectivity index (χ1v) is 15.3. The molecule has 7 heteroatoms. The lowest BCUT2D eigenvalue weighted by atomic mass is 9.93. The molecule has 0 aromatic heterocycles. The molecule has 4 aromatic rings. The zero-order valence-electron chi connectivity index (χ0n) is 24.6. The van der Waals surface area contributed by atoms with E-state index in [0.717, 1.165) is 44.8 Å². The van der Waals surface area contributed by atoms with Gasteiger partial charge in [0.05, 0.1) is 7.11 Å². The van der Waals surface area contributed by atoms with E-state index in [9.17, 15) is 14.7 Å². The highest BCUT2D eigenvalue weighted by Gasteiger charge is 2.23. The molecular weight excluding hydrogens is 544 g/mol. The summed E-state index contributed by atoms with van der Waals surface area (Å²) < 4.78 is 5.52. The highest BCUT2D eigenvalue weighted by atomic mass is 32.2. The number of para-hydroxylation sites is 1. The molecule has 1 atom stereocenters. The number of amides is 1. The molecule has 0 saturated heterocycles. The van der Waals surface area contributed by atoms with Gasteiger partial charge in [-0.15, -0.1) is 0 Å². The highest BCUT2D eigenvalue weighted by molar-refractivity contribution is 7.98. The Balaban J connectivity index is 1.72. The zero-order valence-corrected chi connectivity index (χ0v) is 25.4. The van der Waals surface area contributed by atoms with Crippen LogP contribution in [-0.2, 0) is 17.9 Å². The van der Waals surface area contributed by atoms with Gasteiger partial charge in [-0.05, 0) is 102 Å². The minimum atomic E-state index is -1.03. The standard InChI is InChI=1S/C35H38N2O4S/c1-24-18-27(20-29(19-24)41-3)23-37(28-11-6-5-7-12-28)22-26-14-15-31(32(21-26)30-13-9-8-10-25(30)2)34(38)36-33(35(39)40)16-17-42-4/h5-15,18-21,33H,16-17,22-23H2,1-4H3,(H,36,38)(H,39,40). The Labute approximate surface area is 252 Å². The number of nitrogens with one attached hydrogen (secondary N) is 1. The van der Waals surface area contributed by atoms with Crippen LogP contribution in [0.1, 0.15) is 39.0 Å². The smallest absolute Gasteiger partial charge is 0.326 e. The van der Waals surface area contributed by atoms with Crippen molar-refractivity contribution in [3.8, 4) is 16.9 Å². The monoisotopic (exact) mass is 582 g/mol. The number of carboxylic acid groups (broad SMARTS) is 1. The van der Waals surface area contributed by atoms with Gasteiger partial charge >= 0.3 is 5.97 Å². The first-order chi connectivity index (χ1) is 20.3. The number of benzene rings is 4. The van der Waals surface area contributed by atoms with E-state index in [1.807, 2.05) is 73.8 Å². The van der Waals surface area contributed by atoms with Crippen molar-refractivity contribution in [1.29, 1.82) is 0 Å². The van der Waals surface area contributed by atoms with Crippen molar-refractivity contribution in [3.05, 3.63) is 119 Å². The second kappa shape index (κ2) is 14.6. The van der Waals surface area contributed by atoms with Crippen molar-refractivity contribution in [3.63, 3.8) is 0 Å². The third-order valence-electron chi connectivity index (χ3n) is 7.19. The quantitative estimate of drug-likeness (QED) is 0.175. The second-order valence-electron chi connectivity index (χ2n) is 10.4. The van der Waals surface area contributed by atoms with Crippen molar-refractivity contribution >= 4 is 29.3 Å². The van der Waals surface area contributed by atoms with Crippen LogP contribution in [0.3, 0.4) is 0 Å². The third kappa shape index (κ3) is 7.95. The van der Waals surface area contributed by atoms with E-state index in [0.29, 0.717) is 30.8 Å². The van der Waals surface area contributed by atoms with E-state index in [4.69, 9.17) is 4.74 Å². The Hall–Kier alpha value is -4.23. The number of hydrogen-bond donors (Lipinski definition) is 2. The number of aryl methyl sites for hydroxylation is 2. The van der Waals surface area contributed by atoms with Gasteiger partial charge in [-0.1, -0.05) is 54.6 Å². The topological polar surface area (TPSA) is 78.9 Å². The van der Waals surface area contributed by atoms with Crippen molar-refractivity contribution in [2.45, 2.75) is 39.4 Å². The number of nitrogens with zero attached hydrogens (tertiary/aromatic N) is 1. The molecule has 0 saturated carbocycles. The van der Waals surface area contributed by atoms with Crippen LogP contribution in [-0.4, -0.2) is 42.1 Å². The van der Waals surface area contributed by atoms with Crippen LogP contribution >= 0.6 is 11.8 Å². The Bertz CT molecular complexity index is 1520. The number of hydrogen-bond acceptors (Lipinski definition) is 5. The molecule has 0 spiro atoms. The molecule has 42 heavy (non-hydrogen) atoms. The molecule has 0 bridgehead atoms. The lowest BCUT2D eigenvalue weighted by Gasteiger charge is -2.26. The van der Waals surface area contributed by atoms with Crippen LogP contribution in [0.15, 0.2) is 91.0 Å². The Morgan fingerprint density at radius 2 is 1.60 bits per heavy atom. The summed E-state index contributed by atoms with van der Waals surface area (Å²) in [6.45, 7) is 5.35. The molecule has 0 radical (unpaired) electrons. The fourth-order valence-electron chi connectivity index (χ4n) is 5.07. The molecule has 4 rings (SSSR count). The lowest BCUT2D eigenvalue weighted by Crippen LogP contribution is -2.41. The van der Waals surface area contributed by atoms with Crippen molar-refractivity contribution in [2.75, 3.05) is 24.0 Å². The number of thioether (sulfide) groups is 1. The molecule has 218 valence electrons. The molecular formula is C35H38N2O4S. The molecule has 0 aliphatic rings. The molecule has 4 aromatic carbocycles. The van der Waals surface area contributed by atoms with Crippen LogP contribution in [0, 0.1) is 13.8 Å². The molecule has 6 nitrogen and oxygen atoms in total. The third-order valence-corrected chi connectivity index (χ3v) is 7.84. The number of carbonyl (C=O) groups excluding carboxylic acids is 1. The van der Waals surface area contributed by atoms with E-state index < -0.39 is 12.0 Å². The van der Waals surface area contributed by atoms with Gasteiger partial charge in [-0.25, -0.2) is 4.79 Å². The van der Waals surface area contributed by atoms with Gasteiger partial charge in [0.15, 0.2) is 0 Å². The minimum absolute atomic E-state index is 0.357. The van der Waals surface area contributed by atoms with E-state index in [2.05, 4.69) is 47.5 Å². The van der Waals surface area contributed by atoms with Crippen LogP contribution in [0.2, 0.25) is 0 Å². The number of anilines is 1. The van der Waals surface area contributed by atoms with Gasteiger partial charge in [0.1, 0.15) is 11.8 Å². The summed E-state index contributed by atoms with van der Waals surface area (Å²) in [6, 6.07) is 29.3. The van der Waals surface area contributed by atoms with Crippen LogP contribution in [0.4, 0.5) is 5.69 Å². The second-order valence-corrected chi connectivity index (χ2v) is 11.4. The van der Waals surface area contributed by atoms with Gasteiger partial charge in [0.25, 0.3) is 5.91 Å². The molecule has 1 amide bonds. The van der Waals surface area contributed by atoms with Gasteiger partial charge < -0.3 is 20.1 Å². The van der Waals surface area contributed by atoms with Gasteiger partial charge in [0.2, 0.25) is 0 Å². The average molecular weight is 583 g/mol. The average Bonchev–Trinajstić information content (AvgIpc) is 2.99. The van der Waals surface area contributed by atoms with Crippen molar-refractivity contribution in [2.24, 2.45) is 0 Å². The van der Waals surface area contributed by atoms with E-state index in [-0.39, 0.29) is 5.91 Å². The SMILES string of the molecule is COc1cc(C)cc(CN(Cc2ccc(C(=O)NC(CCSC)C(=O)O)c(-c3ccccc3C)c2)c2ccccc2)c1. The maximum absolute atomic E-state index is 13.5. The van der Waals surface area contributed by atoms with Crippen molar-refractivity contribution < 1.29 is 19.4 Å². The largest absolute Gasteiger partial charge is 0.497 e. The van der Waals surface area contributed by atoms with Crippen LogP contribution in [0.5, 0.6) is 5.75 Å². The number of aliphatic carboxylic acids is 1. The Morgan fingerprint density at radius 3 is 2.29 bits per heavy atom. The predicted molar refractivity (Wildman–Crippen MR) is 173 cm³/mol. The Kier molecular flexibility index (Phi) is 10.7. The summed E-state index contributed by atoms with van der Waals surface area (Å²) in [5.41, 5.74) is 7.59. The summed E-state index contributed by atoms with van der Waals surface area (Å²) in [5.74, 6) is 0.0495. The summed E-state index contributed by atoms with van der Waals surface area (Å²) in [5, 5.41) is 12.5. The fourth-order valence-corrected chi connectivity index (χ4v) is 5.54. The first-order valence-electron chi connectivity index (χ1n) is 13.9. The van der Waals surface area contributed by atoms with Crippen LogP contribution in [0.25, 0.3) is 11.1 Å². The normalized spacial score (nSPS) is 11.5. The van der Waals surface area contributed by atoms with Crippen molar-refractivity contribution in [1.82, 2.24) is 5.32 Å². The first kappa shape index (κ1) is 30.7. The minimum Gasteiger partial charge on any atom is -0.497 e. The van der Waals surface area contributed by atoms with E-state index in [1.54, 1.807) is 18.9 Å². The number of carbonyl (C=O) groups is 2. The van der Waals surface area contributed by atoms with Gasteiger partial charge in [0, 0.05) is 24.3 Å². The number of carboxylic acids is 1. The molecule has 2 N–H and O–H groups in total. The maximum atomic E-state index is 13.5. The molecule has 0 aliphatic heterocycles. The molecule has 0 fully saturated rings. The fraction of sp³-hybridized carbons (Fsp3) is 0.257. The number of ether oxygens (including phenoxy) is 1. The van der Waals surface area contributed by atoms with Gasteiger partial charge in [-0.2, -0.15) is 11.8 Å². The maximum Gasteiger partial charge on any atom is 0.326 e. The van der Waals surface area contributed by atoms with Gasteiger partial charge in [-0.3, -0.25) is 4.79 Å². The van der Waals surface area contributed by atoms with E-state index in [1.165, 1.54) is 0 Å². The zero-order chi connectivity index (χ0) is 30.1. The number of rotatable bonds is 13. The lowest BCUT2D eigenvalue weighted by molar-refractivity contribution is -0.139. The molecule has 1 unspecified atom stereocenters.